The number of ether oxygens (including phenoxy) is 1. The molecule has 0 amide bonds. The van der Waals surface area contributed by atoms with Crippen molar-refractivity contribution >= 4 is 0 Å². The van der Waals surface area contributed by atoms with E-state index in [1.807, 2.05) is 12.1 Å². The van der Waals surface area contributed by atoms with Gasteiger partial charge in [-0.1, -0.05) is 19.1 Å². The van der Waals surface area contributed by atoms with Gasteiger partial charge in [-0.2, -0.15) is 0 Å². The number of halogens is 1. The first-order chi connectivity index (χ1) is 9.98. The number of hydrogen-bond donors (Lipinski definition) is 1. The van der Waals surface area contributed by atoms with E-state index >= 15 is 0 Å². The van der Waals surface area contributed by atoms with Gasteiger partial charge in [-0.3, -0.25) is 4.90 Å². The molecule has 0 radical (unpaired) electrons. The van der Waals surface area contributed by atoms with E-state index in [4.69, 9.17) is 10.5 Å². The molecule has 0 saturated carbocycles. The van der Waals surface area contributed by atoms with Gasteiger partial charge < -0.3 is 10.5 Å². The third-order valence-corrected chi connectivity index (χ3v) is 4.57. The molecule has 1 fully saturated rings. The van der Waals surface area contributed by atoms with Gasteiger partial charge in [0.1, 0.15) is 5.82 Å². The fraction of sp³-hybridized carbons (Fsp3) is 0.647. The molecule has 0 aromatic heterocycles. The van der Waals surface area contributed by atoms with Gasteiger partial charge in [-0.15, -0.1) is 0 Å². The fourth-order valence-corrected chi connectivity index (χ4v) is 3.18. The van der Waals surface area contributed by atoms with Crippen molar-refractivity contribution in [2.75, 3.05) is 19.7 Å². The second-order valence-electron chi connectivity index (χ2n) is 6.36. The van der Waals surface area contributed by atoms with E-state index in [9.17, 15) is 4.39 Å². The maximum atomic E-state index is 13.1. The van der Waals surface area contributed by atoms with Crippen LogP contribution in [0.4, 0.5) is 4.39 Å². The highest BCUT2D eigenvalue weighted by Gasteiger charge is 2.38. The van der Waals surface area contributed by atoms with Crippen LogP contribution in [0.5, 0.6) is 0 Å². The summed E-state index contributed by atoms with van der Waals surface area (Å²) in [6, 6.07) is 7.15. The summed E-state index contributed by atoms with van der Waals surface area (Å²) >= 11 is 0. The highest BCUT2D eigenvalue weighted by molar-refractivity contribution is 5.19. The third-order valence-electron chi connectivity index (χ3n) is 4.57. The van der Waals surface area contributed by atoms with E-state index in [1.165, 1.54) is 12.1 Å². The maximum Gasteiger partial charge on any atom is 0.123 e. The van der Waals surface area contributed by atoms with Crippen molar-refractivity contribution in [3.63, 3.8) is 0 Å². The van der Waals surface area contributed by atoms with Crippen LogP contribution in [0.2, 0.25) is 0 Å². The average molecular weight is 294 g/mol. The Bertz CT molecular complexity index is 451. The topological polar surface area (TPSA) is 38.5 Å². The molecule has 2 rings (SSSR count). The van der Waals surface area contributed by atoms with E-state index in [0.717, 1.165) is 31.6 Å². The van der Waals surface area contributed by atoms with Crippen molar-refractivity contribution < 1.29 is 9.13 Å². The summed E-state index contributed by atoms with van der Waals surface area (Å²) < 4.78 is 18.9. The first kappa shape index (κ1) is 16.4. The summed E-state index contributed by atoms with van der Waals surface area (Å²) in [5.74, 6) is -0.195. The fourth-order valence-electron chi connectivity index (χ4n) is 3.18. The zero-order chi connectivity index (χ0) is 15.5. The minimum Gasteiger partial charge on any atom is -0.376 e. The molecule has 3 unspecified atom stereocenters. The van der Waals surface area contributed by atoms with Crippen LogP contribution in [0.3, 0.4) is 0 Å². The lowest BCUT2D eigenvalue weighted by Gasteiger charge is -2.49. The number of nitrogens with zero attached hydrogens (tertiary/aromatic N) is 1. The Morgan fingerprint density at radius 1 is 1.38 bits per heavy atom. The Kier molecular flexibility index (Phi) is 5.36. The molecule has 1 saturated heterocycles. The molecule has 3 nitrogen and oxygen atoms in total. The molecule has 0 aliphatic carbocycles. The van der Waals surface area contributed by atoms with E-state index in [1.54, 1.807) is 0 Å². The van der Waals surface area contributed by atoms with Crippen LogP contribution in [0.25, 0.3) is 0 Å². The Labute approximate surface area is 127 Å². The summed E-state index contributed by atoms with van der Waals surface area (Å²) in [5.41, 5.74) is 7.12. The summed E-state index contributed by atoms with van der Waals surface area (Å²) in [7, 11) is 0. The van der Waals surface area contributed by atoms with E-state index < -0.39 is 0 Å². The van der Waals surface area contributed by atoms with Crippen LogP contribution >= 0.6 is 0 Å². The Morgan fingerprint density at radius 3 is 2.62 bits per heavy atom. The Balaban J connectivity index is 2.19. The van der Waals surface area contributed by atoms with E-state index in [2.05, 4.69) is 25.7 Å². The summed E-state index contributed by atoms with van der Waals surface area (Å²) in [6.45, 7) is 8.73. The quantitative estimate of drug-likeness (QED) is 0.907. The minimum atomic E-state index is -0.195. The van der Waals surface area contributed by atoms with E-state index in [0.29, 0.717) is 12.6 Å². The first-order valence-corrected chi connectivity index (χ1v) is 7.81. The second-order valence-corrected chi connectivity index (χ2v) is 6.36. The predicted octanol–water partition coefficient (Wildman–Crippen LogP) is 2.58. The van der Waals surface area contributed by atoms with Crippen LogP contribution in [0.1, 0.15) is 32.8 Å². The Morgan fingerprint density at radius 2 is 2.05 bits per heavy atom. The van der Waals surface area contributed by atoms with Crippen molar-refractivity contribution in [2.45, 2.75) is 51.3 Å². The van der Waals surface area contributed by atoms with Crippen LogP contribution in [0.15, 0.2) is 24.3 Å². The summed E-state index contributed by atoms with van der Waals surface area (Å²) in [6.07, 6.45) is 2.10. The monoisotopic (exact) mass is 294 g/mol. The predicted molar refractivity (Wildman–Crippen MR) is 83.8 cm³/mol. The van der Waals surface area contributed by atoms with Gasteiger partial charge in [0.15, 0.2) is 0 Å². The van der Waals surface area contributed by atoms with Gasteiger partial charge in [-0.25, -0.2) is 4.39 Å². The van der Waals surface area contributed by atoms with Gasteiger partial charge in [0, 0.05) is 24.7 Å². The smallest absolute Gasteiger partial charge is 0.123 e. The summed E-state index contributed by atoms with van der Waals surface area (Å²) in [5, 5.41) is 0. The SMILES string of the molecule is CCC1COC(C)CN1C(C)(CN)Cc1ccc(F)cc1. The zero-order valence-electron chi connectivity index (χ0n) is 13.3. The van der Waals surface area contributed by atoms with Crippen molar-refractivity contribution in [1.29, 1.82) is 0 Å². The maximum absolute atomic E-state index is 13.1. The second kappa shape index (κ2) is 6.86. The molecule has 2 N–H and O–H groups in total. The standard InChI is InChI=1S/C17H27FN2O/c1-4-16-11-21-13(2)10-20(16)17(3,12-19)9-14-5-7-15(18)8-6-14/h5-8,13,16H,4,9-12,19H2,1-3H3. The molecule has 21 heavy (non-hydrogen) atoms. The lowest BCUT2D eigenvalue weighted by molar-refractivity contribution is -0.0945. The molecule has 0 spiro atoms. The molecular formula is C17H27FN2O. The highest BCUT2D eigenvalue weighted by Crippen LogP contribution is 2.27. The largest absolute Gasteiger partial charge is 0.376 e. The number of benzene rings is 1. The molecular weight excluding hydrogens is 267 g/mol. The summed E-state index contributed by atoms with van der Waals surface area (Å²) in [4.78, 5) is 2.49. The molecule has 1 aliphatic heterocycles. The lowest BCUT2D eigenvalue weighted by atomic mass is 9.88. The van der Waals surface area contributed by atoms with E-state index in [-0.39, 0.29) is 17.5 Å². The van der Waals surface area contributed by atoms with Crippen LogP contribution in [0, 0.1) is 5.82 Å². The normalized spacial score (nSPS) is 26.5. The molecule has 1 aromatic carbocycles. The van der Waals surface area contributed by atoms with Crippen molar-refractivity contribution in [1.82, 2.24) is 4.90 Å². The molecule has 1 aliphatic rings. The number of morpholine rings is 1. The van der Waals surface area contributed by atoms with Gasteiger partial charge in [0.2, 0.25) is 0 Å². The molecule has 3 atom stereocenters. The van der Waals surface area contributed by atoms with Crippen LogP contribution in [-0.4, -0.2) is 42.3 Å². The van der Waals surface area contributed by atoms with Crippen LogP contribution in [-0.2, 0) is 11.2 Å². The molecule has 0 bridgehead atoms. The molecule has 1 heterocycles. The van der Waals surface area contributed by atoms with Crippen molar-refractivity contribution in [2.24, 2.45) is 5.73 Å². The van der Waals surface area contributed by atoms with Gasteiger partial charge >= 0.3 is 0 Å². The van der Waals surface area contributed by atoms with Gasteiger partial charge in [0.05, 0.1) is 12.7 Å². The zero-order valence-corrected chi connectivity index (χ0v) is 13.3. The third kappa shape index (κ3) is 3.82. The average Bonchev–Trinajstić information content (AvgIpc) is 2.49. The molecule has 1 aromatic rings. The highest BCUT2D eigenvalue weighted by atomic mass is 19.1. The number of hydrogen-bond acceptors (Lipinski definition) is 3. The van der Waals surface area contributed by atoms with Crippen LogP contribution < -0.4 is 5.73 Å². The van der Waals surface area contributed by atoms with Crippen molar-refractivity contribution in [3.8, 4) is 0 Å². The number of nitrogens with two attached hydrogens (primary N) is 1. The first-order valence-electron chi connectivity index (χ1n) is 7.81. The minimum absolute atomic E-state index is 0.128. The number of rotatable bonds is 5. The molecule has 118 valence electrons. The van der Waals surface area contributed by atoms with Gasteiger partial charge in [-0.05, 0) is 44.4 Å². The Hall–Kier alpha value is -0.970. The van der Waals surface area contributed by atoms with Gasteiger partial charge in [0.25, 0.3) is 0 Å². The lowest BCUT2D eigenvalue weighted by Crippen LogP contribution is -2.62. The molecule has 4 heteroatoms. The van der Waals surface area contributed by atoms with Crippen molar-refractivity contribution in [3.05, 3.63) is 35.6 Å².